The van der Waals surface area contributed by atoms with E-state index >= 15 is 0 Å². The molecule has 0 saturated carbocycles. The number of hydrogen-bond donors (Lipinski definition) is 0. The Labute approximate surface area is 397 Å². The van der Waals surface area contributed by atoms with E-state index in [0.717, 1.165) is 17.1 Å². The third kappa shape index (κ3) is 6.17. The molecule has 68 heavy (non-hydrogen) atoms. The Kier molecular flexibility index (Phi) is 9.47. The van der Waals surface area contributed by atoms with Crippen molar-refractivity contribution in [3.8, 4) is 44.5 Å². The van der Waals surface area contributed by atoms with E-state index in [1.165, 1.54) is 99.1 Å². The Hall–Kier alpha value is -8.78. The Morgan fingerprint density at radius 1 is 0.265 bits per heavy atom. The van der Waals surface area contributed by atoms with Crippen LogP contribution in [0.2, 0.25) is 0 Å². The predicted octanol–water partition coefficient (Wildman–Crippen LogP) is 18.0. The molecule has 0 unspecified atom stereocenters. The summed E-state index contributed by atoms with van der Waals surface area (Å²) in [6.45, 7) is 0. The van der Waals surface area contributed by atoms with Gasteiger partial charge in [-0.2, -0.15) is 0 Å². The molecule has 13 rings (SSSR count). The lowest BCUT2D eigenvalue weighted by molar-refractivity contribution is 0.768. The Morgan fingerprint density at radius 3 is 1.26 bits per heavy atom. The minimum atomic E-state index is -0.542. The van der Waals surface area contributed by atoms with Crippen molar-refractivity contribution in [2.45, 2.75) is 5.41 Å². The molecule has 1 aliphatic carbocycles. The molecule has 0 aromatic heterocycles. The Balaban J connectivity index is 1.07. The second kappa shape index (κ2) is 16.3. The maximum atomic E-state index is 2.50. The second-order valence-electron chi connectivity index (χ2n) is 17.9. The fourth-order valence-corrected chi connectivity index (χ4v) is 11.5. The van der Waals surface area contributed by atoms with Gasteiger partial charge in [0.1, 0.15) is 0 Å². The van der Waals surface area contributed by atoms with E-state index < -0.39 is 5.41 Å². The summed E-state index contributed by atoms with van der Waals surface area (Å²) in [4.78, 5) is 2.50. The standard InChI is InChI=1S/C67H45N/c1-5-22-47(23-6-1)64-57-32-15-17-34-59(57)65(60-35-18-16-33-58(60)64)49-37-40-52(41-38-49)68(63-44-39-46-21-13-14-30-54(46)66(63)48-24-7-2-8-25-48)53-42-43-56-55-31-19-20-36-61(55)67(62(56)45-53,50-26-9-3-10-27-50)51-28-11-4-12-29-51/h1-45H. The molecule has 0 N–H and O–H groups in total. The molecule has 318 valence electrons. The Morgan fingerprint density at radius 2 is 0.691 bits per heavy atom. The van der Waals surface area contributed by atoms with Gasteiger partial charge in [-0.15, -0.1) is 0 Å². The van der Waals surface area contributed by atoms with Gasteiger partial charge in [0, 0.05) is 16.9 Å². The monoisotopic (exact) mass is 863 g/mol. The van der Waals surface area contributed by atoms with Crippen LogP contribution in [0, 0.1) is 0 Å². The van der Waals surface area contributed by atoms with Crippen LogP contribution >= 0.6 is 0 Å². The van der Waals surface area contributed by atoms with Crippen LogP contribution in [0.15, 0.2) is 273 Å². The zero-order chi connectivity index (χ0) is 45.0. The highest BCUT2D eigenvalue weighted by Gasteiger charge is 2.46. The van der Waals surface area contributed by atoms with Gasteiger partial charge in [0.25, 0.3) is 0 Å². The van der Waals surface area contributed by atoms with Crippen LogP contribution in [0.25, 0.3) is 76.8 Å². The average molecular weight is 864 g/mol. The molecule has 12 aromatic carbocycles. The van der Waals surface area contributed by atoms with Gasteiger partial charge in [0.2, 0.25) is 0 Å². The van der Waals surface area contributed by atoms with Gasteiger partial charge in [-0.25, -0.2) is 0 Å². The largest absolute Gasteiger partial charge is 0.310 e. The van der Waals surface area contributed by atoms with Crippen molar-refractivity contribution in [1.29, 1.82) is 0 Å². The minimum absolute atomic E-state index is 0.542. The molecule has 0 saturated heterocycles. The van der Waals surface area contributed by atoms with E-state index in [0.29, 0.717) is 0 Å². The van der Waals surface area contributed by atoms with Gasteiger partial charge in [0.05, 0.1) is 11.1 Å². The van der Waals surface area contributed by atoms with Crippen molar-refractivity contribution < 1.29 is 0 Å². The molecule has 0 radical (unpaired) electrons. The molecule has 1 nitrogen and oxygen atoms in total. The zero-order valence-electron chi connectivity index (χ0n) is 37.4. The smallest absolute Gasteiger partial charge is 0.0714 e. The SMILES string of the molecule is c1ccc(-c2c(N(c3ccc(-c4c5ccccc5c(-c5ccccc5)c5ccccc45)cc3)c3ccc4c(c3)C(c3ccccc3)(c3ccccc3)c3ccccc3-4)ccc3ccccc23)cc1. The first kappa shape index (κ1) is 39.6. The third-order valence-corrected chi connectivity index (χ3v) is 14.3. The summed E-state index contributed by atoms with van der Waals surface area (Å²) < 4.78 is 0. The molecule has 0 heterocycles. The highest BCUT2D eigenvalue weighted by atomic mass is 15.1. The predicted molar refractivity (Wildman–Crippen MR) is 287 cm³/mol. The first-order valence-corrected chi connectivity index (χ1v) is 23.6. The van der Waals surface area contributed by atoms with E-state index in [2.05, 4.69) is 278 Å². The van der Waals surface area contributed by atoms with E-state index in [-0.39, 0.29) is 0 Å². The van der Waals surface area contributed by atoms with E-state index in [9.17, 15) is 0 Å². The van der Waals surface area contributed by atoms with Crippen molar-refractivity contribution in [3.05, 3.63) is 295 Å². The van der Waals surface area contributed by atoms with E-state index in [1.54, 1.807) is 0 Å². The van der Waals surface area contributed by atoms with Crippen molar-refractivity contribution in [2.24, 2.45) is 0 Å². The Bertz CT molecular complexity index is 3720. The van der Waals surface area contributed by atoms with Crippen LogP contribution in [0.3, 0.4) is 0 Å². The molecule has 0 fully saturated rings. The summed E-state index contributed by atoms with van der Waals surface area (Å²) in [5.74, 6) is 0. The molecule has 0 atom stereocenters. The van der Waals surface area contributed by atoms with Crippen LogP contribution in [0.1, 0.15) is 22.3 Å². The lowest BCUT2D eigenvalue weighted by atomic mass is 9.67. The summed E-state index contributed by atoms with van der Waals surface area (Å²) in [6.07, 6.45) is 0. The van der Waals surface area contributed by atoms with E-state index in [4.69, 9.17) is 0 Å². The van der Waals surface area contributed by atoms with Gasteiger partial charge in [-0.3, -0.25) is 0 Å². The van der Waals surface area contributed by atoms with Gasteiger partial charge in [-0.05, 0) is 124 Å². The summed E-state index contributed by atoms with van der Waals surface area (Å²) in [6, 6.07) is 101. The van der Waals surface area contributed by atoms with Crippen LogP contribution in [-0.4, -0.2) is 0 Å². The molecule has 12 aromatic rings. The molecular weight excluding hydrogens is 819 g/mol. The first-order valence-electron chi connectivity index (χ1n) is 23.6. The molecule has 0 spiro atoms. The lowest BCUT2D eigenvalue weighted by Crippen LogP contribution is -2.28. The van der Waals surface area contributed by atoms with Crippen LogP contribution in [0.5, 0.6) is 0 Å². The fraction of sp³-hybridized carbons (Fsp3) is 0.0149. The van der Waals surface area contributed by atoms with Crippen LogP contribution < -0.4 is 4.90 Å². The number of hydrogen-bond acceptors (Lipinski definition) is 1. The lowest BCUT2D eigenvalue weighted by Gasteiger charge is -2.35. The second-order valence-corrected chi connectivity index (χ2v) is 17.9. The van der Waals surface area contributed by atoms with Gasteiger partial charge < -0.3 is 4.90 Å². The number of fused-ring (bicyclic) bond motifs is 6. The average Bonchev–Trinajstić information content (AvgIpc) is 3.71. The van der Waals surface area contributed by atoms with E-state index in [1.807, 2.05) is 0 Å². The summed E-state index contributed by atoms with van der Waals surface area (Å²) >= 11 is 0. The van der Waals surface area contributed by atoms with Crippen molar-refractivity contribution >= 4 is 49.4 Å². The molecule has 0 aliphatic heterocycles. The van der Waals surface area contributed by atoms with Gasteiger partial charge in [-0.1, -0.05) is 243 Å². The maximum absolute atomic E-state index is 2.50. The van der Waals surface area contributed by atoms with Crippen LogP contribution in [-0.2, 0) is 5.41 Å². The van der Waals surface area contributed by atoms with Crippen molar-refractivity contribution in [2.75, 3.05) is 4.90 Å². The third-order valence-electron chi connectivity index (χ3n) is 14.3. The highest BCUT2D eigenvalue weighted by molar-refractivity contribution is 6.21. The highest BCUT2D eigenvalue weighted by Crippen LogP contribution is 2.58. The normalized spacial score (nSPS) is 12.5. The fourth-order valence-electron chi connectivity index (χ4n) is 11.5. The minimum Gasteiger partial charge on any atom is -0.310 e. The number of rotatable bonds is 8. The topological polar surface area (TPSA) is 3.24 Å². The quantitative estimate of drug-likeness (QED) is 0.138. The number of anilines is 3. The van der Waals surface area contributed by atoms with Crippen molar-refractivity contribution in [1.82, 2.24) is 0 Å². The maximum Gasteiger partial charge on any atom is 0.0714 e. The first-order chi connectivity index (χ1) is 33.8. The molecule has 0 amide bonds. The molecular formula is C67H45N. The molecule has 1 heteroatoms. The number of nitrogens with zero attached hydrogens (tertiary/aromatic N) is 1. The summed E-state index contributed by atoms with van der Waals surface area (Å²) in [5.41, 5.74) is 17.6. The van der Waals surface area contributed by atoms with Crippen molar-refractivity contribution in [3.63, 3.8) is 0 Å². The van der Waals surface area contributed by atoms with Gasteiger partial charge >= 0.3 is 0 Å². The molecule has 1 aliphatic rings. The summed E-state index contributed by atoms with van der Waals surface area (Å²) in [5, 5.41) is 7.41. The molecule has 0 bridgehead atoms. The van der Waals surface area contributed by atoms with Crippen LogP contribution in [0.4, 0.5) is 17.1 Å². The number of benzene rings is 12. The summed E-state index contributed by atoms with van der Waals surface area (Å²) in [7, 11) is 0. The zero-order valence-corrected chi connectivity index (χ0v) is 37.4. The van der Waals surface area contributed by atoms with Gasteiger partial charge in [0.15, 0.2) is 0 Å².